The van der Waals surface area contributed by atoms with E-state index in [0.717, 1.165) is 43.6 Å². The molecule has 1 fully saturated rings. The van der Waals surface area contributed by atoms with Crippen LogP contribution < -0.4 is 9.80 Å². The molecule has 1 aromatic rings. The normalized spacial score (nSPS) is 15.6. The lowest BCUT2D eigenvalue weighted by molar-refractivity contribution is -0.129. The molecular weight excluding hydrogens is 242 g/mol. The van der Waals surface area contributed by atoms with Crippen LogP contribution in [-0.2, 0) is 4.79 Å². The summed E-state index contributed by atoms with van der Waals surface area (Å²) in [5.41, 5.74) is 0.961. The molecule has 2 heterocycles. The maximum atomic E-state index is 11.3. The lowest BCUT2D eigenvalue weighted by atomic mass is 10.3. The standard InChI is InChI=1S/C13H21N5O/c1-10-9-12(16(3)4)15-13(14-10)18-7-5-17(6-8-18)11(2)19/h9H,5-8H2,1-4H3. The zero-order chi connectivity index (χ0) is 14.0. The van der Waals surface area contributed by atoms with E-state index in [0.29, 0.717) is 0 Å². The van der Waals surface area contributed by atoms with Crippen molar-refractivity contribution in [2.75, 3.05) is 50.1 Å². The van der Waals surface area contributed by atoms with Crippen LogP contribution in [0, 0.1) is 6.92 Å². The smallest absolute Gasteiger partial charge is 0.227 e. The Labute approximate surface area is 114 Å². The summed E-state index contributed by atoms with van der Waals surface area (Å²) in [6.07, 6.45) is 0. The average molecular weight is 263 g/mol. The van der Waals surface area contributed by atoms with Gasteiger partial charge in [0.05, 0.1) is 0 Å². The summed E-state index contributed by atoms with van der Waals surface area (Å²) in [6, 6.07) is 1.97. The molecule has 1 aliphatic rings. The first kappa shape index (κ1) is 13.6. The van der Waals surface area contributed by atoms with Crippen LogP contribution in [0.15, 0.2) is 6.07 Å². The summed E-state index contributed by atoms with van der Waals surface area (Å²) < 4.78 is 0. The van der Waals surface area contributed by atoms with Gasteiger partial charge in [-0.05, 0) is 6.92 Å². The van der Waals surface area contributed by atoms with Crippen molar-refractivity contribution >= 4 is 17.7 Å². The maximum Gasteiger partial charge on any atom is 0.227 e. The molecule has 6 nitrogen and oxygen atoms in total. The zero-order valence-corrected chi connectivity index (χ0v) is 12.1. The molecule has 0 radical (unpaired) electrons. The van der Waals surface area contributed by atoms with E-state index in [4.69, 9.17) is 0 Å². The van der Waals surface area contributed by atoms with E-state index in [-0.39, 0.29) is 5.91 Å². The lowest BCUT2D eigenvalue weighted by Gasteiger charge is -2.34. The number of piperazine rings is 1. The van der Waals surface area contributed by atoms with Gasteiger partial charge in [0.2, 0.25) is 11.9 Å². The number of carbonyl (C=O) groups excluding carboxylic acids is 1. The first-order valence-corrected chi connectivity index (χ1v) is 6.51. The monoisotopic (exact) mass is 263 g/mol. The molecule has 0 aromatic carbocycles. The molecule has 1 aromatic heterocycles. The van der Waals surface area contributed by atoms with Gasteiger partial charge in [-0.15, -0.1) is 0 Å². The van der Waals surface area contributed by atoms with Crippen molar-refractivity contribution in [1.29, 1.82) is 0 Å². The third-order valence-electron chi connectivity index (χ3n) is 3.29. The minimum atomic E-state index is 0.138. The summed E-state index contributed by atoms with van der Waals surface area (Å²) in [5, 5.41) is 0. The van der Waals surface area contributed by atoms with Crippen molar-refractivity contribution < 1.29 is 4.79 Å². The number of anilines is 2. The minimum Gasteiger partial charge on any atom is -0.363 e. The van der Waals surface area contributed by atoms with Crippen LogP contribution in [0.4, 0.5) is 11.8 Å². The van der Waals surface area contributed by atoms with Gasteiger partial charge in [0.15, 0.2) is 0 Å². The van der Waals surface area contributed by atoms with E-state index in [1.165, 1.54) is 0 Å². The summed E-state index contributed by atoms with van der Waals surface area (Å²) in [4.78, 5) is 26.3. The topological polar surface area (TPSA) is 52.6 Å². The van der Waals surface area contributed by atoms with Gasteiger partial charge < -0.3 is 14.7 Å². The van der Waals surface area contributed by atoms with Crippen molar-refractivity contribution in [3.63, 3.8) is 0 Å². The fraction of sp³-hybridized carbons (Fsp3) is 0.615. The third-order valence-corrected chi connectivity index (χ3v) is 3.29. The Kier molecular flexibility index (Phi) is 3.87. The number of amides is 1. The van der Waals surface area contributed by atoms with Crippen molar-refractivity contribution in [3.05, 3.63) is 11.8 Å². The van der Waals surface area contributed by atoms with Crippen LogP contribution in [0.1, 0.15) is 12.6 Å². The Balaban J connectivity index is 2.13. The fourth-order valence-electron chi connectivity index (χ4n) is 2.13. The number of rotatable bonds is 2. The van der Waals surface area contributed by atoms with Gasteiger partial charge in [0, 0.05) is 59.0 Å². The first-order valence-electron chi connectivity index (χ1n) is 6.51. The van der Waals surface area contributed by atoms with Gasteiger partial charge in [-0.1, -0.05) is 0 Å². The van der Waals surface area contributed by atoms with Crippen molar-refractivity contribution in [2.24, 2.45) is 0 Å². The molecule has 19 heavy (non-hydrogen) atoms. The molecule has 1 amide bonds. The van der Waals surface area contributed by atoms with Gasteiger partial charge >= 0.3 is 0 Å². The molecule has 0 saturated carbocycles. The predicted octanol–water partition coefficient (Wildman–Crippen LogP) is 0.520. The largest absolute Gasteiger partial charge is 0.363 e. The number of carbonyl (C=O) groups is 1. The Hall–Kier alpha value is -1.85. The van der Waals surface area contributed by atoms with Gasteiger partial charge in [-0.3, -0.25) is 4.79 Å². The Bertz CT molecular complexity index is 466. The molecular formula is C13H21N5O. The van der Waals surface area contributed by atoms with Crippen LogP contribution in [0.2, 0.25) is 0 Å². The fourth-order valence-corrected chi connectivity index (χ4v) is 2.13. The molecule has 1 saturated heterocycles. The van der Waals surface area contributed by atoms with E-state index in [1.54, 1.807) is 6.92 Å². The number of nitrogens with zero attached hydrogens (tertiary/aromatic N) is 5. The molecule has 0 bridgehead atoms. The van der Waals surface area contributed by atoms with Crippen molar-refractivity contribution in [2.45, 2.75) is 13.8 Å². The Morgan fingerprint density at radius 2 is 1.84 bits per heavy atom. The van der Waals surface area contributed by atoms with Crippen LogP contribution >= 0.6 is 0 Å². The highest BCUT2D eigenvalue weighted by Crippen LogP contribution is 2.17. The number of aryl methyl sites for hydroxylation is 1. The molecule has 0 unspecified atom stereocenters. The van der Waals surface area contributed by atoms with Crippen LogP contribution in [-0.4, -0.2) is 61.0 Å². The highest BCUT2D eigenvalue weighted by molar-refractivity contribution is 5.73. The second-order valence-corrected chi connectivity index (χ2v) is 5.06. The quantitative estimate of drug-likeness (QED) is 0.778. The van der Waals surface area contributed by atoms with Crippen molar-refractivity contribution in [1.82, 2.24) is 14.9 Å². The Morgan fingerprint density at radius 1 is 1.21 bits per heavy atom. The van der Waals surface area contributed by atoms with E-state index in [1.807, 2.05) is 36.9 Å². The van der Waals surface area contributed by atoms with Gasteiger partial charge in [0.25, 0.3) is 0 Å². The molecule has 0 atom stereocenters. The average Bonchev–Trinajstić information content (AvgIpc) is 2.38. The van der Waals surface area contributed by atoms with E-state index < -0.39 is 0 Å². The molecule has 0 spiro atoms. The number of hydrogen-bond acceptors (Lipinski definition) is 5. The summed E-state index contributed by atoms with van der Waals surface area (Å²) in [5.74, 6) is 1.81. The Morgan fingerprint density at radius 3 is 2.37 bits per heavy atom. The van der Waals surface area contributed by atoms with Gasteiger partial charge in [-0.2, -0.15) is 4.98 Å². The van der Waals surface area contributed by atoms with Gasteiger partial charge in [0.1, 0.15) is 5.82 Å². The maximum absolute atomic E-state index is 11.3. The summed E-state index contributed by atoms with van der Waals surface area (Å²) >= 11 is 0. The van der Waals surface area contributed by atoms with Crippen molar-refractivity contribution in [3.8, 4) is 0 Å². The zero-order valence-electron chi connectivity index (χ0n) is 12.1. The van der Waals surface area contributed by atoms with E-state index in [9.17, 15) is 4.79 Å². The second-order valence-electron chi connectivity index (χ2n) is 5.06. The SMILES string of the molecule is CC(=O)N1CCN(c2nc(C)cc(N(C)C)n2)CC1. The van der Waals surface area contributed by atoms with Crippen LogP contribution in [0.5, 0.6) is 0 Å². The molecule has 0 N–H and O–H groups in total. The molecule has 6 heteroatoms. The number of hydrogen-bond donors (Lipinski definition) is 0. The number of aromatic nitrogens is 2. The van der Waals surface area contributed by atoms with Crippen LogP contribution in [0.3, 0.4) is 0 Å². The molecule has 2 rings (SSSR count). The van der Waals surface area contributed by atoms with Crippen LogP contribution in [0.25, 0.3) is 0 Å². The van der Waals surface area contributed by atoms with Gasteiger partial charge in [-0.25, -0.2) is 4.98 Å². The molecule has 104 valence electrons. The minimum absolute atomic E-state index is 0.138. The summed E-state index contributed by atoms with van der Waals surface area (Å²) in [6.45, 7) is 6.65. The molecule has 1 aliphatic heterocycles. The lowest BCUT2D eigenvalue weighted by Crippen LogP contribution is -2.48. The van der Waals surface area contributed by atoms with E-state index in [2.05, 4.69) is 14.9 Å². The molecule has 0 aliphatic carbocycles. The first-order chi connectivity index (χ1) is 8.97. The highest BCUT2D eigenvalue weighted by atomic mass is 16.2. The third kappa shape index (κ3) is 3.13. The highest BCUT2D eigenvalue weighted by Gasteiger charge is 2.21. The summed E-state index contributed by atoms with van der Waals surface area (Å²) in [7, 11) is 3.94. The second kappa shape index (κ2) is 5.42. The predicted molar refractivity (Wildman–Crippen MR) is 75.6 cm³/mol. The van der Waals surface area contributed by atoms with E-state index >= 15 is 0 Å².